The molecule has 0 spiro atoms. The summed E-state index contributed by atoms with van der Waals surface area (Å²) >= 11 is 11.9. The monoisotopic (exact) mass is 334 g/mol. The fourth-order valence-electron chi connectivity index (χ4n) is 2.64. The first-order chi connectivity index (χ1) is 9.84. The predicted octanol–water partition coefficient (Wildman–Crippen LogP) is 4.19. The highest BCUT2D eigenvalue weighted by atomic mass is 35.5. The van der Waals surface area contributed by atoms with Crippen LogP contribution in [0.25, 0.3) is 5.69 Å². The van der Waals surface area contributed by atoms with Crippen molar-refractivity contribution < 1.29 is 17.9 Å². The summed E-state index contributed by atoms with van der Waals surface area (Å²) in [6.07, 6.45) is -1.78. The Morgan fingerprint density at radius 1 is 1.24 bits per heavy atom. The van der Waals surface area contributed by atoms with Gasteiger partial charge in [0.15, 0.2) is 0 Å². The molecule has 2 aliphatic rings. The molecule has 2 unspecified atom stereocenters. The van der Waals surface area contributed by atoms with Crippen molar-refractivity contribution in [2.24, 2.45) is 0 Å². The molecule has 0 N–H and O–H groups in total. The average Bonchev–Trinajstić information content (AvgIpc) is 2.86. The Labute approximate surface area is 127 Å². The standard InChI is InChI=1S/C13H7Cl2F3N2O/c14-7-2-6(13(16,17)18)3-8(15)11(7)20-4-5-1-9-12(21-9)10(5)19-20/h2-4,9,12H,1H2. The predicted molar refractivity (Wildman–Crippen MR) is 69.9 cm³/mol. The van der Waals surface area contributed by atoms with Crippen LogP contribution < -0.4 is 0 Å². The SMILES string of the molecule is FC(F)(F)c1cc(Cl)c(-n2cc3c(n2)C2OC2C3)c(Cl)c1. The number of hydrogen-bond acceptors (Lipinski definition) is 2. The van der Waals surface area contributed by atoms with Crippen LogP contribution >= 0.6 is 23.2 Å². The van der Waals surface area contributed by atoms with E-state index in [1.165, 1.54) is 4.68 Å². The average molecular weight is 335 g/mol. The number of halogens is 5. The maximum absolute atomic E-state index is 12.7. The molecule has 0 amide bonds. The molecule has 1 aliphatic heterocycles. The second-order valence-corrected chi connectivity index (χ2v) is 5.88. The maximum Gasteiger partial charge on any atom is 0.416 e. The van der Waals surface area contributed by atoms with Crippen LogP contribution in [0.5, 0.6) is 0 Å². The third kappa shape index (κ3) is 2.05. The normalized spacial score (nSPS) is 23.1. The highest BCUT2D eigenvalue weighted by Crippen LogP contribution is 2.48. The van der Waals surface area contributed by atoms with E-state index >= 15 is 0 Å². The van der Waals surface area contributed by atoms with Gasteiger partial charge in [-0.1, -0.05) is 23.2 Å². The molecule has 21 heavy (non-hydrogen) atoms. The zero-order valence-electron chi connectivity index (χ0n) is 10.3. The molecule has 0 radical (unpaired) electrons. The van der Waals surface area contributed by atoms with Crippen molar-refractivity contribution >= 4 is 23.2 Å². The quantitative estimate of drug-likeness (QED) is 0.732. The van der Waals surface area contributed by atoms with Crippen molar-refractivity contribution in [3.63, 3.8) is 0 Å². The van der Waals surface area contributed by atoms with Crippen molar-refractivity contribution in [2.45, 2.75) is 24.8 Å². The molecule has 1 aromatic heterocycles. The Kier molecular flexibility index (Phi) is 2.65. The van der Waals surface area contributed by atoms with Gasteiger partial charge in [0.2, 0.25) is 0 Å². The number of rotatable bonds is 1. The summed E-state index contributed by atoms with van der Waals surface area (Å²) in [5.41, 5.74) is 1.19. The Morgan fingerprint density at radius 3 is 2.48 bits per heavy atom. The highest BCUT2D eigenvalue weighted by molar-refractivity contribution is 6.37. The second kappa shape index (κ2) is 4.15. The number of aromatic nitrogens is 2. The minimum Gasteiger partial charge on any atom is -0.362 e. The molecule has 1 saturated heterocycles. The number of hydrogen-bond donors (Lipinski definition) is 0. The van der Waals surface area contributed by atoms with E-state index in [-0.39, 0.29) is 27.9 Å². The van der Waals surface area contributed by atoms with Gasteiger partial charge in [-0.05, 0) is 17.7 Å². The number of fused-ring (bicyclic) bond motifs is 3. The lowest BCUT2D eigenvalue weighted by atomic mass is 10.2. The van der Waals surface area contributed by atoms with Gasteiger partial charge < -0.3 is 4.74 Å². The molecule has 0 saturated carbocycles. The molecular weight excluding hydrogens is 328 g/mol. The summed E-state index contributed by atoms with van der Waals surface area (Å²) in [6.45, 7) is 0. The van der Waals surface area contributed by atoms with E-state index < -0.39 is 11.7 Å². The first-order valence-corrected chi connectivity index (χ1v) is 6.90. The first kappa shape index (κ1) is 13.4. The number of ether oxygens (including phenoxy) is 1. The second-order valence-electron chi connectivity index (χ2n) is 5.07. The molecule has 3 nitrogen and oxygen atoms in total. The molecule has 110 valence electrons. The summed E-state index contributed by atoms with van der Waals surface area (Å²) in [7, 11) is 0. The molecule has 1 fully saturated rings. The van der Waals surface area contributed by atoms with E-state index in [0.29, 0.717) is 0 Å². The van der Waals surface area contributed by atoms with Crippen LogP contribution in [0.1, 0.15) is 22.9 Å². The first-order valence-electron chi connectivity index (χ1n) is 6.15. The van der Waals surface area contributed by atoms with Crippen molar-refractivity contribution in [3.8, 4) is 5.69 Å². The van der Waals surface area contributed by atoms with Crippen molar-refractivity contribution in [3.05, 3.63) is 45.2 Å². The lowest BCUT2D eigenvalue weighted by Gasteiger charge is -2.12. The highest BCUT2D eigenvalue weighted by Gasteiger charge is 2.49. The molecule has 1 aliphatic carbocycles. The summed E-state index contributed by atoms with van der Waals surface area (Å²) in [5.74, 6) is 0. The molecule has 8 heteroatoms. The Balaban J connectivity index is 1.80. The van der Waals surface area contributed by atoms with Gasteiger partial charge in [0, 0.05) is 12.6 Å². The van der Waals surface area contributed by atoms with Crippen LogP contribution in [0.3, 0.4) is 0 Å². The van der Waals surface area contributed by atoms with Crippen molar-refractivity contribution in [2.75, 3.05) is 0 Å². The third-order valence-corrected chi connectivity index (χ3v) is 4.25. The summed E-state index contributed by atoms with van der Waals surface area (Å²) < 4.78 is 44.9. The van der Waals surface area contributed by atoms with Crippen LogP contribution in [-0.2, 0) is 17.3 Å². The van der Waals surface area contributed by atoms with Gasteiger partial charge in [-0.3, -0.25) is 0 Å². The van der Waals surface area contributed by atoms with Crippen LogP contribution in [0.15, 0.2) is 18.3 Å². The maximum atomic E-state index is 12.7. The van der Waals surface area contributed by atoms with Gasteiger partial charge in [-0.15, -0.1) is 0 Å². The number of nitrogens with zero attached hydrogens (tertiary/aromatic N) is 2. The number of benzene rings is 1. The Morgan fingerprint density at radius 2 is 1.90 bits per heavy atom. The molecule has 2 atom stereocenters. The van der Waals surface area contributed by atoms with E-state index in [4.69, 9.17) is 27.9 Å². The van der Waals surface area contributed by atoms with Crippen LogP contribution in [-0.4, -0.2) is 15.9 Å². The molecule has 4 rings (SSSR count). The number of epoxide rings is 1. The van der Waals surface area contributed by atoms with Gasteiger partial charge in [-0.2, -0.15) is 18.3 Å². The summed E-state index contributed by atoms with van der Waals surface area (Å²) in [6, 6.07) is 1.71. The molecule has 2 aromatic rings. The van der Waals surface area contributed by atoms with Crippen LogP contribution in [0, 0.1) is 0 Å². The zero-order chi connectivity index (χ0) is 14.9. The minimum absolute atomic E-state index is 0.00764. The van der Waals surface area contributed by atoms with Gasteiger partial charge in [0.1, 0.15) is 11.8 Å². The van der Waals surface area contributed by atoms with E-state index in [1.54, 1.807) is 6.20 Å². The van der Waals surface area contributed by atoms with Gasteiger partial charge in [0.05, 0.1) is 27.4 Å². The van der Waals surface area contributed by atoms with Gasteiger partial charge in [-0.25, -0.2) is 4.68 Å². The molecular formula is C13H7Cl2F3N2O. The third-order valence-electron chi connectivity index (χ3n) is 3.67. The summed E-state index contributed by atoms with van der Waals surface area (Å²) in [5, 5.41) is 4.15. The van der Waals surface area contributed by atoms with E-state index in [9.17, 15) is 13.2 Å². The van der Waals surface area contributed by atoms with Gasteiger partial charge >= 0.3 is 6.18 Å². The lowest BCUT2D eigenvalue weighted by Crippen LogP contribution is -2.07. The van der Waals surface area contributed by atoms with Crippen molar-refractivity contribution in [1.29, 1.82) is 0 Å². The van der Waals surface area contributed by atoms with E-state index in [2.05, 4.69) is 5.10 Å². The fraction of sp³-hybridized carbons (Fsp3) is 0.308. The molecule has 2 heterocycles. The zero-order valence-corrected chi connectivity index (χ0v) is 11.8. The Bertz CT molecular complexity index is 733. The largest absolute Gasteiger partial charge is 0.416 e. The van der Waals surface area contributed by atoms with E-state index in [1.807, 2.05) is 0 Å². The molecule has 1 aromatic carbocycles. The fourth-order valence-corrected chi connectivity index (χ4v) is 3.30. The smallest absolute Gasteiger partial charge is 0.362 e. The van der Waals surface area contributed by atoms with Crippen LogP contribution in [0.4, 0.5) is 13.2 Å². The lowest BCUT2D eigenvalue weighted by molar-refractivity contribution is -0.137. The van der Waals surface area contributed by atoms with Crippen molar-refractivity contribution in [1.82, 2.24) is 9.78 Å². The van der Waals surface area contributed by atoms with Crippen LogP contribution in [0.2, 0.25) is 10.0 Å². The summed E-state index contributed by atoms with van der Waals surface area (Å²) in [4.78, 5) is 0. The molecule has 0 bridgehead atoms. The topological polar surface area (TPSA) is 30.4 Å². The minimum atomic E-state index is -4.49. The van der Waals surface area contributed by atoms with Gasteiger partial charge in [0.25, 0.3) is 0 Å². The number of alkyl halides is 3. The Hall–Kier alpha value is -1.24. The van der Waals surface area contributed by atoms with E-state index in [0.717, 1.165) is 29.8 Å².